The molecule has 346 valence electrons. The number of benzene rings is 3. The Balaban J connectivity index is 0.775. The Morgan fingerprint density at radius 2 is 1.58 bits per heavy atom. The van der Waals surface area contributed by atoms with Crippen molar-refractivity contribution < 1.29 is 46.6 Å². The first kappa shape index (κ1) is 47.2. The van der Waals surface area contributed by atoms with E-state index in [4.69, 9.17) is 14.2 Å². The summed E-state index contributed by atoms with van der Waals surface area (Å²) in [4.78, 5) is 68.3. The molecule has 0 bridgehead atoms. The fraction of sp³-hybridized carbons (Fsp3) is 0.438. The van der Waals surface area contributed by atoms with Gasteiger partial charge in [0.25, 0.3) is 17.7 Å². The molecule has 3 aliphatic rings. The number of nitrogens with zero attached hydrogens (tertiary/aromatic N) is 2. The van der Waals surface area contributed by atoms with E-state index in [1.165, 1.54) is 18.4 Å². The molecule has 3 aromatic carbocycles. The molecule has 1 unspecified atom stereocenters. The maximum atomic E-state index is 14.0. The van der Waals surface area contributed by atoms with Crippen LogP contribution in [0.3, 0.4) is 0 Å². The molecule has 0 aliphatic carbocycles. The number of rotatable bonds is 24. The third kappa shape index (κ3) is 11.4. The number of anilines is 1. The molecule has 5 amide bonds. The smallest absolute Gasteiger partial charge is 0.264 e. The summed E-state index contributed by atoms with van der Waals surface area (Å²) < 4.78 is 42.4. The van der Waals surface area contributed by atoms with Crippen molar-refractivity contribution in [2.24, 2.45) is 0 Å². The number of unbranched alkanes of at least 4 members (excludes halogenated alkanes) is 6. The van der Waals surface area contributed by atoms with Gasteiger partial charge in [0.05, 0.1) is 42.2 Å². The number of sulfone groups is 1. The second-order valence-corrected chi connectivity index (χ2v) is 19.8. The second-order valence-electron chi connectivity index (χ2n) is 16.6. The molecular formula is C48H57N5O10S2. The number of carbonyl (C=O) groups is 5. The maximum Gasteiger partial charge on any atom is 0.264 e. The number of ether oxygens (including phenoxy) is 3. The zero-order chi connectivity index (χ0) is 46.1. The van der Waals surface area contributed by atoms with Crippen LogP contribution in [0.2, 0.25) is 0 Å². The lowest BCUT2D eigenvalue weighted by molar-refractivity contribution is -0.136. The molecule has 0 saturated carbocycles. The van der Waals surface area contributed by atoms with Crippen molar-refractivity contribution in [2.45, 2.75) is 96.5 Å². The topological polar surface area (TPSA) is 190 Å². The van der Waals surface area contributed by atoms with E-state index in [2.05, 4.69) is 16.0 Å². The number of hydrogen-bond donors (Lipinski definition) is 3. The number of fused-ring (bicyclic) bond motifs is 2. The summed E-state index contributed by atoms with van der Waals surface area (Å²) in [7, 11) is -2.11. The lowest BCUT2D eigenvalue weighted by Gasteiger charge is -2.29. The third-order valence-electron chi connectivity index (χ3n) is 11.9. The summed E-state index contributed by atoms with van der Waals surface area (Å²) in [5, 5.41) is 11.1. The lowest BCUT2D eigenvalue weighted by atomic mass is 10.0. The molecule has 2 atom stereocenters. The van der Waals surface area contributed by atoms with E-state index < -0.39 is 45.4 Å². The highest BCUT2D eigenvalue weighted by molar-refractivity contribution is 7.90. The Morgan fingerprint density at radius 3 is 2.29 bits per heavy atom. The summed E-state index contributed by atoms with van der Waals surface area (Å²) in [5.74, 6) is -0.814. The summed E-state index contributed by atoms with van der Waals surface area (Å²) in [6.45, 7) is 5.13. The first-order chi connectivity index (χ1) is 31.4. The molecule has 3 aliphatic heterocycles. The molecule has 1 saturated heterocycles. The van der Waals surface area contributed by atoms with E-state index in [0.717, 1.165) is 90.9 Å². The SMILES string of the molecule is CCOc1cc([C@@H](CS(C)(=O)=O)N2C(=O)c3cccc(NCCCCCCCCCNCc4ccc(OCc5scc6c5CN(C5CCC(=O)NC5=O)C6=O)cc4)c3C2=O)ccc1OC. The van der Waals surface area contributed by atoms with Crippen LogP contribution in [-0.4, -0.2) is 92.6 Å². The minimum atomic E-state index is -3.61. The first-order valence-corrected chi connectivity index (χ1v) is 25.2. The van der Waals surface area contributed by atoms with Gasteiger partial charge < -0.3 is 29.7 Å². The van der Waals surface area contributed by atoms with Gasteiger partial charge in [0.2, 0.25) is 11.8 Å². The van der Waals surface area contributed by atoms with Crippen molar-refractivity contribution in [1.29, 1.82) is 0 Å². The van der Waals surface area contributed by atoms with Gasteiger partial charge in [-0.3, -0.25) is 34.2 Å². The zero-order valence-electron chi connectivity index (χ0n) is 37.1. The van der Waals surface area contributed by atoms with Crippen LogP contribution in [0.4, 0.5) is 5.69 Å². The van der Waals surface area contributed by atoms with Crippen molar-refractivity contribution in [3.8, 4) is 17.2 Å². The Morgan fingerprint density at radius 1 is 0.846 bits per heavy atom. The molecule has 1 fully saturated rings. The molecule has 7 rings (SSSR count). The average Bonchev–Trinajstić information content (AvgIpc) is 3.92. The molecule has 15 nitrogen and oxygen atoms in total. The van der Waals surface area contributed by atoms with Gasteiger partial charge in [-0.15, -0.1) is 11.3 Å². The van der Waals surface area contributed by atoms with Gasteiger partial charge in [-0.25, -0.2) is 8.42 Å². The van der Waals surface area contributed by atoms with Crippen LogP contribution in [0.5, 0.6) is 17.2 Å². The van der Waals surface area contributed by atoms with E-state index >= 15 is 0 Å². The van der Waals surface area contributed by atoms with E-state index in [9.17, 15) is 32.4 Å². The Hall–Kier alpha value is -5.78. The van der Waals surface area contributed by atoms with Crippen LogP contribution >= 0.6 is 11.3 Å². The molecule has 0 radical (unpaired) electrons. The van der Waals surface area contributed by atoms with Gasteiger partial charge in [0.15, 0.2) is 11.5 Å². The van der Waals surface area contributed by atoms with Crippen molar-refractivity contribution in [2.75, 3.05) is 44.1 Å². The molecule has 3 N–H and O–H groups in total. The van der Waals surface area contributed by atoms with Crippen molar-refractivity contribution >= 4 is 56.4 Å². The minimum absolute atomic E-state index is 0.177. The van der Waals surface area contributed by atoms with E-state index in [1.807, 2.05) is 36.6 Å². The number of hydrogen-bond acceptors (Lipinski definition) is 13. The van der Waals surface area contributed by atoms with Gasteiger partial charge >= 0.3 is 0 Å². The van der Waals surface area contributed by atoms with Crippen molar-refractivity contribution in [3.05, 3.63) is 104 Å². The van der Waals surface area contributed by atoms with Crippen LogP contribution in [0, 0.1) is 0 Å². The predicted molar refractivity (Wildman–Crippen MR) is 247 cm³/mol. The van der Waals surface area contributed by atoms with Gasteiger partial charge in [0.1, 0.15) is 28.2 Å². The molecule has 1 aromatic heterocycles. The minimum Gasteiger partial charge on any atom is -0.493 e. The van der Waals surface area contributed by atoms with Gasteiger partial charge in [0, 0.05) is 53.8 Å². The standard InChI is InChI=1S/C48H57N5O10S2/c1-4-62-41-25-32(17-21-40(41)61-2)39(30-65(3,59)60)53-47(57)34-13-12-14-37(44(34)48(53)58)50-24-11-9-7-5-6-8-10-23-49-26-31-15-18-33(19-16-31)63-28-42-35-27-52(46(56)36(35)29-64-42)38-20-22-43(54)51-45(38)55/h12-19,21,25,29,38-39,49-50H,4-11,20,22-24,26-28,30H2,1-3H3,(H,51,54,55)/t38?,39-/m1/s1. The van der Waals surface area contributed by atoms with E-state index in [0.29, 0.717) is 61.0 Å². The zero-order valence-corrected chi connectivity index (χ0v) is 38.7. The number of amides is 5. The number of thiophene rings is 1. The van der Waals surface area contributed by atoms with Crippen molar-refractivity contribution in [1.82, 2.24) is 20.4 Å². The maximum absolute atomic E-state index is 14.0. The molecule has 65 heavy (non-hydrogen) atoms. The Kier molecular flexibility index (Phi) is 15.6. The Bertz CT molecular complexity index is 2510. The normalized spacial score (nSPS) is 16.4. The molecule has 4 heterocycles. The van der Waals surface area contributed by atoms with Crippen molar-refractivity contribution in [3.63, 3.8) is 0 Å². The van der Waals surface area contributed by atoms with Crippen LogP contribution in [0.1, 0.15) is 123 Å². The largest absolute Gasteiger partial charge is 0.493 e. The Labute approximate surface area is 384 Å². The fourth-order valence-corrected chi connectivity index (χ4v) is 10.5. The summed E-state index contributed by atoms with van der Waals surface area (Å²) >= 11 is 1.48. The number of nitrogens with one attached hydrogen (secondary N) is 3. The van der Waals surface area contributed by atoms with Gasteiger partial charge in [-0.2, -0.15) is 0 Å². The van der Waals surface area contributed by atoms with Crippen LogP contribution in [0.25, 0.3) is 0 Å². The number of methoxy groups -OCH3 is 1. The van der Waals surface area contributed by atoms with Gasteiger partial charge in [-0.1, -0.05) is 56.4 Å². The number of carbonyl (C=O) groups excluding carboxylic acids is 5. The summed E-state index contributed by atoms with van der Waals surface area (Å²) in [5.41, 5.74) is 4.17. The molecule has 4 aromatic rings. The highest BCUT2D eigenvalue weighted by Gasteiger charge is 2.44. The quantitative estimate of drug-likeness (QED) is 0.0493. The lowest BCUT2D eigenvalue weighted by Crippen LogP contribution is -2.52. The van der Waals surface area contributed by atoms with Crippen LogP contribution in [0.15, 0.2) is 66.0 Å². The molecule has 0 spiro atoms. The molecular weight excluding hydrogens is 871 g/mol. The fourth-order valence-electron chi connectivity index (χ4n) is 8.60. The summed E-state index contributed by atoms with van der Waals surface area (Å²) in [6, 6.07) is 16.3. The number of piperidine rings is 1. The third-order valence-corrected chi connectivity index (χ3v) is 13.9. The highest BCUT2D eigenvalue weighted by Crippen LogP contribution is 2.39. The number of imide groups is 2. The first-order valence-electron chi connectivity index (χ1n) is 22.3. The van der Waals surface area contributed by atoms with E-state index in [1.54, 1.807) is 41.3 Å². The molecule has 17 heteroatoms. The van der Waals surface area contributed by atoms with Crippen LogP contribution in [-0.2, 0) is 39.1 Å². The summed E-state index contributed by atoms with van der Waals surface area (Å²) in [6.07, 6.45) is 9.15. The van der Waals surface area contributed by atoms with Crippen LogP contribution < -0.4 is 30.2 Å². The predicted octanol–water partition coefficient (Wildman–Crippen LogP) is 6.81. The second kappa shape index (κ2) is 21.5. The van der Waals surface area contributed by atoms with Gasteiger partial charge in [-0.05, 0) is 80.3 Å². The monoisotopic (exact) mass is 927 g/mol. The average molecular weight is 928 g/mol. The highest BCUT2D eigenvalue weighted by atomic mass is 32.2. The van der Waals surface area contributed by atoms with E-state index in [-0.39, 0.29) is 29.4 Å².